The van der Waals surface area contributed by atoms with Crippen molar-refractivity contribution in [3.8, 4) is 0 Å². The van der Waals surface area contributed by atoms with Crippen LogP contribution in [0.2, 0.25) is 0 Å². The second kappa shape index (κ2) is 5.67. The molecule has 1 aliphatic rings. The molecule has 1 rings (SSSR count). The molecule has 0 spiro atoms. The van der Waals surface area contributed by atoms with Gasteiger partial charge in [0.05, 0.1) is 0 Å². The topological polar surface area (TPSA) is 41.1 Å². The standard InChI is InChI=1S/C13H26N2O/c1-5-10-7-6-8-14-11(10)9-15-12(16)13(2,3)4/h10-11,14H,5-9H2,1-4H3,(H,15,16). The van der Waals surface area contributed by atoms with E-state index in [1.54, 1.807) is 0 Å². The van der Waals surface area contributed by atoms with E-state index in [0.717, 1.165) is 13.1 Å². The summed E-state index contributed by atoms with van der Waals surface area (Å²) in [6.07, 6.45) is 3.75. The van der Waals surface area contributed by atoms with Gasteiger partial charge in [-0.25, -0.2) is 0 Å². The zero-order valence-corrected chi connectivity index (χ0v) is 11.1. The molecule has 3 heteroatoms. The molecule has 0 saturated carbocycles. The number of hydrogen-bond acceptors (Lipinski definition) is 2. The molecule has 0 aromatic rings. The maximum atomic E-state index is 11.8. The Morgan fingerprint density at radius 3 is 2.69 bits per heavy atom. The van der Waals surface area contributed by atoms with Crippen LogP contribution >= 0.6 is 0 Å². The van der Waals surface area contributed by atoms with Crippen molar-refractivity contribution in [1.82, 2.24) is 10.6 Å². The molecule has 3 nitrogen and oxygen atoms in total. The first-order valence-corrected chi connectivity index (χ1v) is 6.47. The lowest BCUT2D eigenvalue weighted by Gasteiger charge is -2.33. The van der Waals surface area contributed by atoms with Crippen molar-refractivity contribution >= 4 is 5.91 Å². The van der Waals surface area contributed by atoms with Gasteiger partial charge < -0.3 is 10.6 Å². The van der Waals surface area contributed by atoms with E-state index in [1.165, 1.54) is 19.3 Å². The van der Waals surface area contributed by atoms with Gasteiger partial charge in [0.15, 0.2) is 0 Å². The van der Waals surface area contributed by atoms with Crippen LogP contribution in [0.4, 0.5) is 0 Å². The number of rotatable bonds is 3. The zero-order valence-electron chi connectivity index (χ0n) is 11.1. The van der Waals surface area contributed by atoms with E-state index in [0.29, 0.717) is 12.0 Å². The number of carbonyl (C=O) groups excluding carboxylic acids is 1. The van der Waals surface area contributed by atoms with Gasteiger partial charge in [-0.15, -0.1) is 0 Å². The van der Waals surface area contributed by atoms with Crippen LogP contribution in [0.1, 0.15) is 47.0 Å². The van der Waals surface area contributed by atoms with Crippen LogP contribution in [0.15, 0.2) is 0 Å². The SMILES string of the molecule is CCC1CCCNC1CNC(=O)C(C)(C)C. The summed E-state index contributed by atoms with van der Waals surface area (Å²) in [6.45, 7) is 9.95. The van der Waals surface area contributed by atoms with Crippen LogP contribution in [0, 0.1) is 11.3 Å². The van der Waals surface area contributed by atoms with E-state index in [4.69, 9.17) is 0 Å². The van der Waals surface area contributed by atoms with Gasteiger partial charge in [-0.1, -0.05) is 34.1 Å². The third kappa shape index (κ3) is 3.78. The summed E-state index contributed by atoms with van der Waals surface area (Å²) in [4.78, 5) is 11.8. The van der Waals surface area contributed by atoms with E-state index in [2.05, 4.69) is 17.6 Å². The average molecular weight is 226 g/mol. The smallest absolute Gasteiger partial charge is 0.225 e. The highest BCUT2D eigenvalue weighted by Gasteiger charge is 2.26. The van der Waals surface area contributed by atoms with Gasteiger partial charge in [0.25, 0.3) is 0 Å². The minimum absolute atomic E-state index is 0.148. The molecular weight excluding hydrogens is 200 g/mol. The maximum absolute atomic E-state index is 11.8. The summed E-state index contributed by atoms with van der Waals surface area (Å²) in [5.74, 6) is 0.865. The summed E-state index contributed by atoms with van der Waals surface area (Å²) in [5.41, 5.74) is -0.281. The summed E-state index contributed by atoms with van der Waals surface area (Å²) in [7, 11) is 0. The van der Waals surface area contributed by atoms with Crippen LogP contribution in [0.5, 0.6) is 0 Å². The van der Waals surface area contributed by atoms with Crippen molar-refractivity contribution in [2.45, 2.75) is 53.0 Å². The Labute approximate surface area is 99.4 Å². The fourth-order valence-corrected chi connectivity index (χ4v) is 2.21. The van der Waals surface area contributed by atoms with Gasteiger partial charge in [0.2, 0.25) is 5.91 Å². The molecule has 2 atom stereocenters. The van der Waals surface area contributed by atoms with E-state index < -0.39 is 0 Å². The van der Waals surface area contributed by atoms with E-state index in [-0.39, 0.29) is 11.3 Å². The summed E-state index contributed by atoms with van der Waals surface area (Å²) in [6, 6.07) is 0.463. The molecule has 2 N–H and O–H groups in total. The molecule has 16 heavy (non-hydrogen) atoms. The lowest BCUT2D eigenvalue weighted by Crippen LogP contribution is -2.50. The monoisotopic (exact) mass is 226 g/mol. The minimum atomic E-state index is -0.281. The first-order valence-electron chi connectivity index (χ1n) is 6.47. The molecule has 0 aliphatic carbocycles. The second-order valence-corrected chi connectivity index (χ2v) is 5.83. The molecule has 0 bridgehead atoms. The summed E-state index contributed by atoms with van der Waals surface area (Å²) < 4.78 is 0. The fraction of sp³-hybridized carbons (Fsp3) is 0.923. The first-order chi connectivity index (χ1) is 7.45. The Morgan fingerprint density at radius 2 is 2.12 bits per heavy atom. The Hall–Kier alpha value is -0.570. The highest BCUT2D eigenvalue weighted by molar-refractivity contribution is 5.81. The van der Waals surface area contributed by atoms with Crippen molar-refractivity contribution in [3.63, 3.8) is 0 Å². The Kier molecular flexibility index (Phi) is 4.78. The number of hydrogen-bond donors (Lipinski definition) is 2. The number of nitrogens with one attached hydrogen (secondary N) is 2. The molecule has 1 saturated heterocycles. The van der Waals surface area contributed by atoms with E-state index in [1.807, 2.05) is 20.8 Å². The van der Waals surface area contributed by atoms with Gasteiger partial charge in [-0.3, -0.25) is 4.79 Å². The van der Waals surface area contributed by atoms with Crippen molar-refractivity contribution in [2.24, 2.45) is 11.3 Å². The van der Waals surface area contributed by atoms with Gasteiger partial charge >= 0.3 is 0 Å². The highest BCUT2D eigenvalue weighted by atomic mass is 16.2. The average Bonchev–Trinajstić information content (AvgIpc) is 2.24. The van der Waals surface area contributed by atoms with Crippen LogP contribution in [0.25, 0.3) is 0 Å². The number of amides is 1. The van der Waals surface area contributed by atoms with Crippen LogP contribution in [-0.4, -0.2) is 25.0 Å². The van der Waals surface area contributed by atoms with Gasteiger partial charge in [-0.2, -0.15) is 0 Å². The fourth-order valence-electron chi connectivity index (χ4n) is 2.21. The third-order valence-corrected chi connectivity index (χ3v) is 3.42. The Balaban J connectivity index is 2.38. The van der Waals surface area contributed by atoms with E-state index in [9.17, 15) is 4.79 Å². The minimum Gasteiger partial charge on any atom is -0.354 e. The quantitative estimate of drug-likeness (QED) is 0.772. The summed E-state index contributed by atoms with van der Waals surface area (Å²) in [5, 5.41) is 6.57. The second-order valence-electron chi connectivity index (χ2n) is 5.83. The largest absolute Gasteiger partial charge is 0.354 e. The molecule has 1 heterocycles. The molecule has 0 aromatic carbocycles. The maximum Gasteiger partial charge on any atom is 0.225 e. The highest BCUT2D eigenvalue weighted by Crippen LogP contribution is 2.19. The predicted octanol–water partition coefficient (Wildman–Crippen LogP) is 1.93. The molecule has 1 fully saturated rings. The third-order valence-electron chi connectivity index (χ3n) is 3.42. The lowest BCUT2D eigenvalue weighted by molar-refractivity contribution is -0.128. The van der Waals surface area contributed by atoms with Crippen molar-refractivity contribution in [3.05, 3.63) is 0 Å². The van der Waals surface area contributed by atoms with Crippen molar-refractivity contribution in [2.75, 3.05) is 13.1 Å². The molecule has 1 aliphatic heterocycles. The molecular formula is C13H26N2O. The predicted molar refractivity (Wildman–Crippen MR) is 67.3 cm³/mol. The van der Waals surface area contributed by atoms with Gasteiger partial charge in [-0.05, 0) is 25.3 Å². The van der Waals surface area contributed by atoms with Gasteiger partial charge in [0.1, 0.15) is 0 Å². The van der Waals surface area contributed by atoms with Crippen molar-refractivity contribution < 1.29 is 4.79 Å². The molecule has 0 aromatic heterocycles. The Bertz CT molecular complexity index is 233. The van der Waals surface area contributed by atoms with Crippen LogP contribution < -0.4 is 10.6 Å². The molecule has 94 valence electrons. The van der Waals surface area contributed by atoms with Crippen LogP contribution in [0.3, 0.4) is 0 Å². The van der Waals surface area contributed by atoms with E-state index >= 15 is 0 Å². The number of carbonyl (C=O) groups is 1. The molecule has 0 radical (unpaired) electrons. The van der Waals surface area contributed by atoms with Gasteiger partial charge in [0, 0.05) is 18.0 Å². The zero-order chi connectivity index (χ0) is 12.2. The Morgan fingerprint density at radius 1 is 1.44 bits per heavy atom. The normalized spacial score (nSPS) is 26.5. The molecule has 1 amide bonds. The summed E-state index contributed by atoms with van der Waals surface area (Å²) >= 11 is 0. The van der Waals surface area contributed by atoms with Crippen LogP contribution in [-0.2, 0) is 4.79 Å². The van der Waals surface area contributed by atoms with Crippen molar-refractivity contribution in [1.29, 1.82) is 0 Å². The number of piperidine rings is 1. The first kappa shape index (κ1) is 13.5. The molecule has 2 unspecified atom stereocenters. The lowest BCUT2D eigenvalue weighted by atomic mass is 9.88.